The molecule has 0 spiro atoms. The molecule has 0 bridgehead atoms. The molecule has 0 aromatic heterocycles. The van der Waals surface area contributed by atoms with Gasteiger partial charge in [0, 0.05) is 11.5 Å². The Balaban J connectivity index is 2.61. The van der Waals surface area contributed by atoms with Crippen molar-refractivity contribution in [2.24, 2.45) is 0 Å². The molecule has 1 saturated heterocycles. The minimum absolute atomic E-state index is 0.227. The summed E-state index contributed by atoms with van der Waals surface area (Å²) < 4.78 is -0.346. The topological polar surface area (TPSA) is 17.1 Å². The van der Waals surface area contributed by atoms with E-state index < -0.39 is 0 Å². The van der Waals surface area contributed by atoms with Gasteiger partial charge in [0.15, 0.2) is 0 Å². The summed E-state index contributed by atoms with van der Waals surface area (Å²) in [6, 6.07) is 0. The van der Waals surface area contributed by atoms with Crippen molar-refractivity contribution in [2.45, 2.75) is 11.0 Å². The zero-order valence-corrected chi connectivity index (χ0v) is 7.41. The zero-order valence-electron chi connectivity index (χ0n) is 5.02. The van der Waals surface area contributed by atoms with E-state index in [1.165, 1.54) is 0 Å². The molecular formula is C5H7ClOS2. The molecule has 4 heteroatoms. The Morgan fingerprint density at radius 1 is 1.56 bits per heavy atom. The van der Waals surface area contributed by atoms with Crippen LogP contribution < -0.4 is 0 Å². The van der Waals surface area contributed by atoms with E-state index in [0.29, 0.717) is 0 Å². The first kappa shape index (κ1) is 7.76. The highest BCUT2D eigenvalue weighted by molar-refractivity contribution is 8.22. The predicted molar refractivity (Wildman–Crippen MR) is 44.2 cm³/mol. The summed E-state index contributed by atoms with van der Waals surface area (Å²) >= 11 is 8.61. The van der Waals surface area contributed by atoms with Gasteiger partial charge < -0.3 is 0 Å². The summed E-state index contributed by atoms with van der Waals surface area (Å²) in [5.41, 5.74) is 0. The van der Waals surface area contributed by atoms with Crippen LogP contribution in [0.1, 0.15) is 6.92 Å². The van der Waals surface area contributed by atoms with Crippen LogP contribution in [0.4, 0.5) is 0 Å². The second-order valence-electron chi connectivity index (χ2n) is 1.92. The van der Waals surface area contributed by atoms with Crippen LogP contribution in [0.2, 0.25) is 0 Å². The van der Waals surface area contributed by atoms with E-state index >= 15 is 0 Å². The second kappa shape index (κ2) is 2.72. The molecule has 0 amide bonds. The molecule has 1 heterocycles. The fraction of sp³-hybridized carbons (Fsp3) is 0.800. The third-order valence-corrected chi connectivity index (χ3v) is 5.05. The molecule has 0 N–H and O–H groups in total. The minimum Gasteiger partial charge on any atom is -0.279 e. The molecule has 1 aliphatic heterocycles. The fourth-order valence-corrected chi connectivity index (χ4v) is 3.46. The first-order valence-corrected chi connectivity index (χ1v) is 4.98. The fourth-order valence-electron chi connectivity index (χ4n) is 0.628. The van der Waals surface area contributed by atoms with Crippen molar-refractivity contribution in [3.8, 4) is 0 Å². The Kier molecular flexibility index (Phi) is 2.35. The van der Waals surface area contributed by atoms with Crippen molar-refractivity contribution in [1.82, 2.24) is 0 Å². The largest absolute Gasteiger partial charge is 0.279 e. The quantitative estimate of drug-likeness (QED) is 0.578. The van der Waals surface area contributed by atoms with Crippen LogP contribution in [-0.4, -0.2) is 20.8 Å². The van der Waals surface area contributed by atoms with Gasteiger partial charge in [0.2, 0.25) is 5.24 Å². The molecule has 0 aromatic carbocycles. The molecule has 0 radical (unpaired) electrons. The van der Waals surface area contributed by atoms with Gasteiger partial charge in [-0.05, 0) is 18.5 Å². The summed E-state index contributed by atoms with van der Waals surface area (Å²) in [7, 11) is 0. The summed E-state index contributed by atoms with van der Waals surface area (Å²) in [6.07, 6.45) is 0. The number of thioether (sulfide) groups is 2. The van der Waals surface area contributed by atoms with Crippen LogP contribution in [-0.2, 0) is 4.79 Å². The third-order valence-electron chi connectivity index (χ3n) is 1.20. The van der Waals surface area contributed by atoms with E-state index in [-0.39, 0.29) is 9.32 Å². The van der Waals surface area contributed by atoms with Gasteiger partial charge in [-0.1, -0.05) is 0 Å². The summed E-state index contributed by atoms with van der Waals surface area (Å²) in [5, 5.41) is -0.227. The van der Waals surface area contributed by atoms with Crippen molar-refractivity contribution in [3.05, 3.63) is 0 Å². The van der Waals surface area contributed by atoms with Crippen LogP contribution in [0.15, 0.2) is 0 Å². The summed E-state index contributed by atoms with van der Waals surface area (Å²) in [5.74, 6) is 2.08. The smallest absolute Gasteiger partial charge is 0.247 e. The van der Waals surface area contributed by atoms with Gasteiger partial charge >= 0.3 is 0 Å². The highest BCUT2D eigenvalue weighted by Gasteiger charge is 2.36. The van der Waals surface area contributed by atoms with Crippen molar-refractivity contribution in [3.63, 3.8) is 0 Å². The first-order valence-electron chi connectivity index (χ1n) is 2.63. The number of carbonyl (C=O) groups excluding carboxylic acids is 1. The molecule has 1 nitrogen and oxygen atoms in total. The van der Waals surface area contributed by atoms with Gasteiger partial charge in [0.1, 0.15) is 4.08 Å². The van der Waals surface area contributed by atoms with Gasteiger partial charge in [0.25, 0.3) is 0 Å². The monoisotopic (exact) mass is 182 g/mol. The maximum absolute atomic E-state index is 10.7. The molecule has 0 aliphatic carbocycles. The van der Waals surface area contributed by atoms with Gasteiger partial charge in [0.05, 0.1) is 0 Å². The number of carbonyl (C=O) groups is 1. The van der Waals surface area contributed by atoms with Crippen LogP contribution in [0.25, 0.3) is 0 Å². The normalized spacial score (nSPS) is 24.2. The maximum Gasteiger partial charge on any atom is 0.247 e. The predicted octanol–water partition coefficient (Wildman–Crippen LogP) is 1.95. The number of rotatable bonds is 1. The molecule has 9 heavy (non-hydrogen) atoms. The van der Waals surface area contributed by atoms with Gasteiger partial charge in [-0.25, -0.2) is 0 Å². The van der Waals surface area contributed by atoms with E-state index in [2.05, 4.69) is 0 Å². The average Bonchev–Trinajstić information content (AvgIpc) is 2.16. The summed E-state index contributed by atoms with van der Waals surface area (Å²) in [4.78, 5) is 10.7. The molecule has 0 aromatic rings. The Hall–Kier alpha value is 0.660. The van der Waals surface area contributed by atoms with Crippen molar-refractivity contribution in [2.75, 3.05) is 11.5 Å². The van der Waals surface area contributed by atoms with E-state index in [4.69, 9.17) is 11.6 Å². The van der Waals surface area contributed by atoms with Crippen molar-refractivity contribution < 1.29 is 4.79 Å². The molecule has 1 aliphatic rings. The SMILES string of the molecule is CC1(C(=O)Cl)SCCS1. The number of hydrogen-bond donors (Lipinski definition) is 0. The lowest BCUT2D eigenvalue weighted by Gasteiger charge is -2.14. The van der Waals surface area contributed by atoms with Crippen molar-refractivity contribution >= 4 is 40.4 Å². The van der Waals surface area contributed by atoms with E-state index in [1.807, 2.05) is 6.92 Å². The van der Waals surface area contributed by atoms with Crippen molar-refractivity contribution in [1.29, 1.82) is 0 Å². The van der Waals surface area contributed by atoms with Crippen LogP contribution in [0.3, 0.4) is 0 Å². The second-order valence-corrected chi connectivity index (χ2v) is 5.54. The van der Waals surface area contributed by atoms with Crippen LogP contribution >= 0.6 is 35.1 Å². The molecule has 0 saturated carbocycles. The lowest BCUT2D eigenvalue weighted by atomic mass is 10.5. The molecule has 1 fully saturated rings. The van der Waals surface area contributed by atoms with Crippen LogP contribution in [0.5, 0.6) is 0 Å². The standard InChI is InChI=1S/C5H7ClOS2/c1-5(4(6)7)8-2-3-9-5/h2-3H2,1H3. The highest BCUT2D eigenvalue weighted by atomic mass is 35.5. The Morgan fingerprint density at radius 2 is 2.00 bits per heavy atom. The molecule has 1 rings (SSSR count). The Morgan fingerprint density at radius 3 is 2.22 bits per heavy atom. The lowest BCUT2D eigenvalue weighted by molar-refractivity contribution is -0.111. The molecular weight excluding hydrogens is 176 g/mol. The minimum atomic E-state index is -0.346. The Labute approximate surface area is 67.9 Å². The third kappa shape index (κ3) is 1.57. The van der Waals surface area contributed by atoms with Gasteiger partial charge in [-0.2, -0.15) is 0 Å². The summed E-state index contributed by atoms with van der Waals surface area (Å²) in [6.45, 7) is 1.88. The molecule has 52 valence electrons. The lowest BCUT2D eigenvalue weighted by Crippen LogP contribution is -2.19. The van der Waals surface area contributed by atoms with Crippen LogP contribution in [0, 0.1) is 0 Å². The van der Waals surface area contributed by atoms with E-state index in [0.717, 1.165) is 11.5 Å². The number of hydrogen-bond acceptors (Lipinski definition) is 3. The Bertz CT molecular complexity index is 131. The maximum atomic E-state index is 10.7. The molecule has 0 unspecified atom stereocenters. The number of halogens is 1. The van der Waals surface area contributed by atoms with Gasteiger partial charge in [-0.15, -0.1) is 23.5 Å². The average molecular weight is 183 g/mol. The van der Waals surface area contributed by atoms with Gasteiger partial charge in [-0.3, -0.25) is 4.79 Å². The molecule has 0 atom stereocenters. The first-order chi connectivity index (χ1) is 4.15. The van der Waals surface area contributed by atoms with E-state index in [1.54, 1.807) is 23.5 Å². The van der Waals surface area contributed by atoms with E-state index in [9.17, 15) is 4.79 Å². The highest BCUT2D eigenvalue weighted by Crippen LogP contribution is 2.44. The zero-order chi connectivity index (χ0) is 6.91.